The molecule has 0 saturated carbocycles. The predicted octanol–water partition coefficient (Wildman–Crippen LogP) is 4.52. The van der Waals surface area contributed by atoms with Gasteiger partial charge in [0.05, 0.1) is 28.2 Å². The van der Waals surface area contributed by atoms with Gasteiger partial charge in [-0.15, -0.1) is 0 Å². The van der Waals surface area contributed by atoms with E-state index >= 15 is 0 Å². The highest BCUT2D eigenvalue weighted by Gasteiger charge is 2.37. The highest BCUT2D eigenvalue weighted by molar-refractivity contribution is 5.91. The fourth-order valence-electron chi connectivity index (χ4n) is 2.68. The third-order valence-corrected chi connectivity index (χ3v) is 3.86. The highest BCUT2D eigenvalue weighted by atomic mass is 19.4. The highest BCUT2D eigenvalue weighted by Crippen LogP contribution is 2.46. The smallest absolute Gasteiger partial charge is 0.416 e. The van der Waals surface area contributed by atoms with Crippen molar-refractivity contribution >= 4 is 23.3 Å². The van der Waals surface area contributed by atoms with Crippen molar-refractivity contribution in [1.29, 1.82) is 0 Å². The van der Waals surface area contributed by atoms with E-state index in [1.54, 1.807) is 0 Å². The van der Waals surface area contributed by atoms with Crippen LogP contribution in [-0.4, -0.2) is 17.6 Å². The Hall–Kier alpha value is -2.91. The van der Waals surface area contributed by atoms with E-state index in [2.05, 4.69) is 5.32 Å². The van der Waals surface area contributed by atoms with Gasteiger partial charge in [-0.1, -0.05) is 0 Å². The van der Waals surface area contributed by atoms with E-state index in [-0.39, 0.29) is 17.1 Å². The molecule has 3 rings (SSSR count). The molecular weight excluding hydrogens is 366 g/mol. The first-order valence-electron chi connectivity index (χ1n) is 7.15. The van der Waals surface area contributed by atoms with Crippen LogP contribution in [0.1, 0.15) is 11.1 Å². The zero-order chi connectivity index (χ0) is 19.3. The quantitative estimate of drug-likeness (QED) is 0.598. The van der Waals surface area contributed by atoms with E-state index < -0.39 is 35.4 Å². The Kier molecular flexibility index (Phi) is 4.01. The van der Waals surface area contributed by atoms with Crippen molar-refractivity contribution in [3.63, 3.8) is 0 Å². The number of anilines is 3. The van der Waals surface area contributed by atoms with Crippen LogP contribution in [0.4, 0.5) is 43.4 Å². The van der Waals surface area contributed by atoms with Crippen LogP contribution in [0.3, 0.4) is 0 Å². The fraction of sp³-hybridized carbons (Fsp3) is 0.188. The van der Waals surface area contributed by atoms with Crippen LogP contribution in [0, 0.1) is 0 Å². The second-order valence-electron chi connectivity index (χ2n) is 5.53. The number of phenols is 1. The summed E-state index contributed by atoms with van der Waals surface area (Å²) in [6.07, 6.45) is -10.3. The van der Waals surface area contributed by atoms with Crippen LogP contribution in [0.15, 0.2) is 36.4 Å². The second-order valence-corrected chi connectivity index (χ2v) is 5.53. The van der Waals surface area contributed by atoms with Gasteiger partial charge in [-0.05, 0) is 36.4 Å². The zero-order valence-electron chi connectivity index (χ0n) is 12.7. The lowest BCUT2D eigenvalue weighted by molar-refractivity contribution is -0.138. The molecule has 2 aromatic carbocycles. The second kappa shape index (κ2) is 5.82. The van der Waals surface area contributed by atoms with Crippen molar-refractivity contribution in [1.82, 2.24) is 0 Å². The van der Waals surface area contributed by atoms with Crippen molar-refractivity contribution in [2.45, 2.75) is 18.5 Å². The number of carbonyl (C=O) groups excluding carboxylic acids is 1. The monoisotopic (exact) mass is 376 g/mol. The fourth-order valence-corrected chi connectivity index (χ4v) is 2.68. The number of aldehydes is 1. The third kappa shape index (κ3) is 3.02. The molecule has 0 amide bonds. The van der Waals surface area contributed by atoms with Crippen LogP contribution in [0.25, 0.3) is 0 Å². The van der Waals surface area contributed by atoms with Crippen LogP contribution < -0.4 is 10.2 Å². The maximum Gasteiger partial charge on any atom is 0.416 e. The minimum Gasteiger partial charge on any atom is -0.506 e. The van der Waals surface area contributed by atoms with Gasteiger partial charge >= 0.3 is 12.4 Å². The molecule has 0 aliphatic carbocycles. The molecule has 0 fully saturated rings. The molecule has 1 heterocycles. The lowest BCUT2D eigenvalue weighted by Crippen LogP contribution is -2.33. The number of phenolic OH excluding ortho intramolecular Hbond substituents is 1. The average Bonchev–Trinajstić information content (AvgIpc) is 2.91. The number of fused-ring (bicyclic) bond motifs is 1. The standard InChI is InChI=1S/C16H10F6N2O2/c17-15(18,19)8-1-3-11-10(5-8)23-14(7-25)24(11)12-6-9(16(20,21)22)2-4-13(12)26/h1-7,14,23,26H. The number of hydrogen-bond donors (Lipinski definition) is 2. The first kappa shape index (κ1) is 17.9. The van der Waals surface area contributed by atoms with Gasteiger partial charge in [0.2, 0.25) is 0 Å². The Labute approximate surface area is 142 Å². The summed E-state index contributed by atoms with van der Waals surface area (Å²) in [5.74, 6) is -0.556. The van der Waals surface area contributed by atoms with E-state index in [4.69, 9.17) is 0 Å². The molecule has 2 aromatic rings. The van der Waals surface area contributed by atoms with E-state index in [1.807, 2.05) is 0 Å². The Morgan fingerprint density at radius 2 is 1.50 bits per heavy atom. The predicted molar refractivity (Wildman–Crippen MR) is 80.2 cm³/mol. The van der Waals surface area contributed by atoms with Crippen molar-refractivity contribution in [2.75, 3.05) is 10.2 Å². The van der Waals surface area contributed by atoms with Crippen molar-refractivity contribution in [3.05, 3.63) is 47.5 Å². The van der Waals surface area contributed by atoms with Gasteiger partial charge in [-0.25, -0.2) is 0 Å². The molecule has 10 heteroatoms. The molecule has 1 aliphatic heterocycles. The summed E-state index contributed by atoms with van der Waals surface area (Å²) in [6, 6.07) is 4.60. The number of aromatic hydroxyl groups is 1. The Morgan fingerprint density at radius 1 is 0.923 bits per heavy atom. The molecule has 138 valence electrons. The van der Waals surface area contributed by atoms with Crippen molar-refractivity contribution in [3.8, 4) is 5.75 Å². The lowest BCUT2D eigenvalue weighted by Gasteiger charge is -2.24. The zero-order valence-corrected chi connectivity index (χ0v) is 12.7. The summed E-state index contributed by atoms with van der Waals surface area (Å²) < 4.78 is 77.3. The molecule has 1 unspecified atom stereocenters. The van der Waals surface area contributed by atoms with Crippen molar-refractivity contribution < 1.29 is 36.2 Å². The van der Waals surface area contributed by atoms with Crippen LogP contribution in [0.5, 0.6) is 5.75 Å². The number of hydrogen-bond acceptors (Lipinski definition) is 4. The third-order valence-electron chi connectivity index (χ3n) is 3.86. The molecule has 1 atom stereocenters. The van der Waals surface area contributed by atoms with Crippen LogP contribution in [-0.2, 0) is 17.1 Å². The number of nitrogens with zero attached hydrogens (tertiary/aromatic N) is 1. The summed E-state index contributed by atoms with van der Waals surface area (Å²) in [6.45, 7) is 0. The van der Waals surface area contributed by atoms with Crippen molar-refractivity contribution in [2.24, 2.45) is 0 Å². The van der Waals surface area contributed by atoms with E-state index in [0.717, 1.165) is 29.2 Å². The molecule has 0 saturated heterocycles. The van der Waals surface area contributed by atoms with E-state index in [9.17, 15) is 36.2 Å². The maximum absolute atomic E-state index is 12.9. The summed E-state index contributed by atoms with van der Waals surface area (Å²) in [5.41, 5.74) is -2.47. The van der Waals surface area contributed by atoms with Gasteiger partial charge in [0.1, 0.15) is 5.75 Å². The first-order valence-corrected chi connectivity index (χ1v) is 7.15. The summed E-state index contributed by atoms with van der Waals surface area (Å²) in [4.78, 5) is 12.3. The van der Waals surface area contributed by atoms with E-state index in [0.29, 0.717) is 18.4 Å². The molecule has 0 aromatic heterocycles. The number of rotatable bonds is 2. The average molecular weight is 376 g/mol. The van der Waals surface area contributed by atoms with Gasteiger partial charge < -0.3 is 15.3 Å². The van der Waals surface area contributed by atoms with Crippen LogP contribution >= 0.6 is 0 Å². The van der Waals surface area contributed by atoms with Gasteiger partial charge in [-0.3, -0.25) is 4.79 Å². The molecule has 0 spiro atoms. The number of benzene rings is 2. The minimum absolute atomic E-state index is 0.0322. The largest absolute Gasteiger partial charge is 0.506 e. The molecule has 26 heavy (non-hydrogen) atoms. The molecule has 2 N–H and O–H groups in total. The van der Waals surface area contributed by atoms with Gasteiger partial charge in [0.15, 0.2) is 12.5 Å². The molecule has 0 radical (unpaired) electrons. The summed E-state index contributed by atoms with van der Waals surface area (Å²) in [5, 5.41) is 12.4. The first-order chi connectivity index (χ1) is 12.0. The summed E-state index contributed by atoms with van der Waals surface area (Å²) >= 11 is 0. The normalized spacial score (nSPS) is 17.0. The topological polar surface area (TPSA) is 52.6 Å². The molecule has 4 nitrogen and oxygen atoms in total. The maximum atomic E-state index is 12.9. The lowest BCUT2D eigenvalue weighted by atomic mass is 10.1. The molecule has 1 aliphatic rings. The minimum atomic E-state index is -4.70. The summed E-state index contributed by atoms with van der Waals surface area (Å²) in [7, 11) is 0. The SMILES string of the molecule is O=CC1Nc2cc(C(F)(F)F)ccc2N1c1cc(C(F)(F)F)ccc1O. The van der Waals surface area contributed by atoms with E-state index in [1.165, 1.54) is 0 Å². The van der Waals surface area contributed by atoms with Gasteiger partial charge in [0, 0.05) is 0 Å². The van der Waals surface area contributed by atoms with Crippen LogP contribution in [0.2, 0.25) is 0 Å². The van der Waals surface area contributed by atoms with Gasteiger partial charge in [-0.2, -0.15) is 26.3 Å². The van der Waals surface area contributed by atoms with Gasteiger partial charge in [0.25, 0.3) is 0 Å². The number of halogens is 6. The number of carbonyl (C=O) groups is 1. The Morgan fingerprint density at radius 3 is 2.08 bits per heavy atom. The number of alkyl halides is 6. The Balaban J connectivity index is 2.13. The molecular formula is C16H10F6N2O2. The Bertz CT molecular complexity index is 863. The number of nitrogens with one attached hydrogen (secondary N) is 1. The molecule has 0 bridgehead atoms.